The van der Waals surface area contributed by atoms with E-state index in [1.165, 1.54) is 17.5 Å². The summed E-state index contributed by atoms with van der Waals surface area (Å²) in [7, 11) is 0. The van der Waals surface area contributed by atoms with Crippen molar-refractivity contribution >= 4 is 11.3 Å². The first-order valence-electron chi connectivity index (χ1n) is 7.91. The van der Waals surface area contributed by atoms with Gasteiger partial charge in [-0.05, 0) is 23.6 Å². The molecule has 0 fully saturated rings. The molecule has 0 unspecified atom stereocenters. The fourth-order valence-electron chi connectivity index (χ4n) is 2.76. The number of hydrogen-bond donors (Lipinski definition) is 0. The Kier molecular flexibility index (Phi) is 5.27. The predicted octanol–water partition coefficient (Wildman–Crippen LogP) is 4.78. The van der Waals surface area contributed by atoms with Gasteiger partial charge >= 0.3 is 6.18 Å². The molecule has 3 rings (SSSR count). The van der Waals surface area contributed by atoms with E-state index in [1.807, 2.05) is 0 Å². The first-order valence-corrected chi connectivity index (χ1v) is 8.79. The summed E-state index contributed by atoms with van der Waals surface area (Å²) in [5.41, 5.74) is -3.90. The minimum atomic E-state index is -4.97. The van der Waals surface area contributed by atoms with Crippen molar-refractivity contribution in [3.63, 3.8) is 0 Å². The highest BCUT2D eigenvalue weighted by molar-refractivity contribution is 7.13. The Morgan fingerprint density at radius 2 is 1.90 bits per heavy atom. The summed E-state index contributed by atoms with van der Waals surface area (Å²) < 4.78 is 68.5. The van der Waals surface area contributed by atoms with Crippen LogP contribution >= 0.6 is 11.3 Å². The Morgan fingerprint density at radius 1 is 1.17 bits per heavy atom. The lowest BCUT2D eigenvalue weighted by Gasteiger charge is -2.17. The van der Waals surface area contributed by atoms with Crippen LogP contribution in [-0.2, 0) is 12.7 Å². The summed E-state index contributed by atoms with van der Waals surface area (Å²) in [6.45, 7) is -0.519. The minimum absolute atomic E-state index is 0.141. The molecule has 3 aromatic rings. The van der Waals surface area contributed by atoms with Crippen molar-refractivity contribution in [3.05, 3.63) is 80.0 Å². The van der Waals surface area contributed by atoms with E-state index in [1.54, 1.807) is 0 Å². The van der Waals surface area contributed by atoms with Crippen LogP contribution in [0.2, 0.25) is 0 Å². The number of rotatable bonds is 3. The van der Waals surface area contributed by atoms with Crippen LogP contribution in [0.3, 0.4) is 0 Å². The zero-order valence-electron chi connectivity index (χ0n) is 14.3. The molecule has 0 aliphatic carbocycles. The number of hydrogen-bond acceptors (Lipinski definition) is 3. The molecule has 0 spiro atoms. The smallest absolute Gasteiger partial charge is 0.302 e. The maximum Gasteiger partial charge on any atom is 0.417 e. The lowest BCUT2D eigenvalue weighted by atomic mass is 10.1. The van der Waals surface area contributed by atoms with Gasteiger partial charge in [0.15, 0.2) is 0 Å². The number of pyridine rings is 1. The highest BCUT2D eigenvalue weighted by atomic mass is 32.1. The third kappa shape index (κ3) is 3.78. The molecule has 0 N–H and O–H groups in total. The zero-order chi connectivity index (χ0) is 21.3. The number of nitrogens with zero attached hydrogens (tertiary/aromatic N) is 2. The molecule has 0 aliphatic rings. The van der Waals surface area contributed by atoms with Gasteiger partial charge in [-0.25, -0.2) is 8.78 Å². The van der Waals surface area contributed by atoms with E-state index in [-0.39, 0.29) is 21.7 Å². The van der Waals surface area contributed by atoms with Crippen LogP contribution in [0.4, 0.5) is 22.0 Å². The van der Waals surface area contributed by atoms with Crippen molar-refractivity contribution in [2.24, 2.45) is 0 Å². The Balaban J connectivity index is 2.35. The summed E-state index contributed by atoms with van der Waals surface area (Å²) in [5, 5.41) is 10.7. The van der Waals surface area contributed by atoms with Crippen molar-refractivity contribution in [1.82, 2.24) is 4.57 Å². The second kappa shape index (κ2) is 7.53. The summed E-state index contributed by atoms with van der Waals surface area (Å²) >= 11 is 0.994. The fraction of sp³-hybridized carbons (Fsp3) is 0.100. The number of benzene rings is 1. The monoisotopic (exact) mass is 420 g/mol. The summed E-state index contributed by atoms with van der Waals surface area (Å²) in [6.07, 6.45) is 0.421. The molecule has 0 saturated heterocycles. The predicted molar refractivity (Wildman–Crippen MR) is 97.1 cm³/mol. The number of terminal acetylenes is 1. The topological polar surface area (TPSA) is 45.8 Å². The van der Waals surface area contributed by atoms with Gasteiger partial charge in [0, 0.05) is 17.2 Å². The van der Waals surface area contributed by atoms with E-state index in [0.717, 1.165) is 28.0 Å². The SMILES string of the molecule is C#Cc1ccsc1-c1cc(C(F)(F)F)c(C#N)c(=O)n1Cc1ccc(F)cc1F. The second-order valence-corrected chi connectivity index (χ2v) is 6.78. The van der Waals surface area contributed by atoms with E-state index in [2.05, 4.69) is 5.92 Å². The number of nitriles is 1. The second-order valence-electron chi connectivity index (χ2n) is 5.86. The first-order chi connectivity index (χ1) is 13.7. The Bertz CT molecular complexity index is 1240. The molecule has 0 bridgehead atoms. The zero-order valence-corrected chi connectivity index (χ0v) is 15.2. The van der Waals surface area contributed by atoms with E-state index < -0.39 is 41.0 Å². The number of halogens is 5. The van der Waals surface area contributed by atoms with Crippen LogP contribution in [0.5, 0.6) is 0 Å². The molecule has 0 aliphatic heterocycles. The maximum atomic E-state index is 14.1. The third-order valence-electron chi connectivity index (χ3n) is 4.11. The first kappa shape index (κ1) is 20.3. The molecule has 2 heterocycles. The van der Waals surface area contributed by atoms with Gasteiger partial charge in [0.25, 0.3) is 5.56 Å². The van der Waals surface area contributed by atoms with Crippen LogP contribution in [-0.4, -0.2) is 4.57 Å². The molecule has 0 radical (unpaired) electrons. The molecule has 9 heteroatoms. The molecular weight excluding hydrogens is 411 g/mol. The van der Waals surface area contributed by atoms with Crippen LogP contribution in [0.15, 0.2) is 40.5 Å². The number of aromatic nitrogens is 1. The van der Waals surface area contributed by atoms with Gasteiger partial charge in [-0.1, -0.05) is 12.0 Å². The lowest BCUT2D eigenvalue weighted by Crippen LogP contribution is -2.29. The van der Waals surface area contributed by atoms with Gasteiger partial charge in [-0.2, -0.15) is 18.4 Å². The molecule has 0 atom stereocenters. The highest BCUT2D eigenvalue weighted by Crippen LogP contribution is 2.36. The van der Waals surface area contributed by atoms with Crippen molar-refractivity contribution in [2.45, 2.75) is 12.7 Å². The molecular formula is C20H9F5N2OS. The van der Waals surface area contributed by atoms with Gasteiger partial charge in [0.05, 0.1) is 22.7 Å². The molecule has 0 saturated carbocycles. The fourth-order valence-corrected chi connectivity index (χ4v) is 3.65. The average Bonchev–Trinajstić information content (AvgIpc) is 3.12. The van der Waals surface area contributed by atoms with E-state index in [9.17, 15) is 26.7 Å². The third-order valence-corrected chi connectivity index (χ3v) is 5.05. The Hall–Kier alpha value is -3.43. The normalized spacial score (nSPS) is 11.1. The largest absolute Gasteiger partial charge is 0.417 e. The van der Waals surface area contributed by atoms with E-state index in [4.69, 9.17) is 11.7 Å². The summed E-state index contributed by atoms with van der Waals surface area (Å²) in [6, 6.07) is 6.03. The van der Waals surface area contributed by atoms with Crippen LogP contribution in [0, 0.1) is 35.3 Å². The summed E-state index contributed by atoms with van der Waals surface area (Å²) in [5.74, 6) is 0.483. The Morgan fingerprint density at radius 3 is 2.48 bits per heavy atom. The van der Waals surface area contributed by atoms with E-state index in [0.29, 0.717) is 12.1 Å². The quantitative estimate of drug-likeness (QED) is 0.453. The van der Waals surface area contributed by atoms with Gasteiger partial charge in [0.1, 0.15) is 23.3 Å². The lowest BCUT2D eigenvalue weighted by molar-refractivity contribution is -0.137. The van der Waals surface area contributed by atoms with E-state index >= 15 is 0 Å². The summed E-state index contributed by atoms with van der Waals surface area (Å²) in [4.78, 5) is 12.9. The molecule has 1 aromatic carbocycles. The van der Waals surface area contributed by atoms with Crippen molar-refractivity contribution < 1.29 is 22.0 Å². The molecule has 0 amide bonds. The Labute approximate surface area is 165 Å². The van der Waals surface area contributed by atoms with Crippen molar-refractivity contribution in [3.8, 4) is 29.0 Å². The van der Waals surface area contributed by atoms with Gasteiger partial charge in [0.2, 0.25) is 0 Å². The van der Waals surface area contributed by atoms with Crippen LogP contribution in [0.25, 0.3) is 10.6 Å². The van der Waals surface area contributed by atoms with Crippen molar-refractivity contribution in [1.29, 1.82) is 5.26 Å². The molecule has 2 aromatic heterocycles. The van der Waals surface area contributed by atoms with Gasteiger partial charge in [-0.15, -0.1) is 17.8 Å². The number of alkyl halides is 3. The molecule has 3 nitrogen and oxygen atoms in total. The van der Waals surface area contributed by atoms with Crippen molar-refractivity contribution in [2.75, 3.05) is 0 Å². The van der Waals surface area contributed by atoms with Crippen LogP contribution in [0.1, 0.15) is 22.3 Å². The maximum absolute atomic E-state index is 14.1. The average molecular weight is 420 g/mol. The molecule has 146 valence electrons. The minimum Gasteiger partial charge on any atom is -0.302 e. The molecule has 29 heavy (non-hydrogen) atoms. The highest BCUT2D eigenvalue weighted by Gasteiger charge is 2.37. The van der Waals surface area contributed by atoms with Crippen LogP contribution < -0.4 is 5.56 Å². The standard InChI is InChI=1S/C20H9F5N2OS/c1-2-11-5-6-29-18(11)17-8-15(20(23,24)25)14(9-26)19(28)27(17)10-12-3-4-13(21)7-16(12)22/h1,3-8H,10H2. The van der Waals surface area contributed by atoms with Gasteiger partial charge in [-0.3, -0.25) is 4.79 Å². The van der Waals surface area contributed by atoms with Gasteiger partial charge < -0.3 is 4.57 Å². The number of thiophene rings is 1.